The highest BCUT2D eigenvalue weighted by Crippen LogP contribution is 2.41. The van der Waals surface area contributed by atoms with Gasteiger partial charge in [0.1, 0.15) is 11.6 Å². The Kier molecular flexibility index (Phi) is 4.72. The second kappa shape index (κ2) is 6.80. The van der Waals surface area contributed by atoms with Gasteiger partial charge in [0.25, 0.3) is 11.7 Å². The van der Waals surface area contributed by atoms with Crippen LogP contribution in [-0.2, 0) is 9.59 Å². The van der Waals surface area contributed by atoms with Crippen LogP contribution >= 0.6 is 11.3 Å². The molecule has 1 aromatic heterocycles. The molecule has 4 nitrogen and oxygen atoms in total. The van der Waals surface area contributed by atoms with Crippen LogP contribution in [0.25, 0.3) is 5.76 Å². The second-order valence-electron chi connectivity index (χ2n) is 5.97. The van der Waals surface area contributed by atoms with Crippen molar-refractivity contribution >= 4 is 28.8 Å². The molecule has 0 spiro atoms. The molecular formula is C19H18FNO3S. The Bertz CT molecular complexity index is 858. The van der Waals surface area contributed by atoms with E-state index in [4.69, 9.17) is 0 Å². The van der Waals surface area contributed by atoms with Crippen molar-refractivity contribution in [1.29, 1.82) is 0 Å². The zero-order chi connectivity index (χ0) is 18.1. The number of aliphatic hydroxyl groups is 1. The van der Waals surface area contributed by atoms with Crippen molar-refractivity contribution < 1.29 is 19.1 Å². The summed E-state index contributed by atoms with van der Waals surface area (Å²) in [5.41, 5.74) is 0.751. The van der Waals surface area contributed by atoms with E-state index in [1.807, 2.05) is 24.4 Å². The number of nitrogens with zero attached hydrogens (tertiary/aromatic N) is 1. The van der Waals surface area contributed by atoms with E-state index >= 15 is 0 Å². The van der Waals surface area contributed by atoms with Crippen LogP contribution in [-0.4, -0.2) is 28.2 Å². The summed E-state index contributed by atoms with van der Waals surface area (Å²) in [6, 6.07) is 7.21. The largest absolute Gasteiger partial charge is 0.507 e. The Hall–Kier alpha value is -2.47. The second-order valence-corrected chi connectivity index (χ2v) is 6.95. The lowest BCUT2D eigenvalue weighted by molar-refractivity contribution is -0.139. The van der Waals surface area contributed by atoms with Gasteiger partial charge >= 0.3 is 0 Å². The molecule has 1 aliphatic heterocycles. The van der Waals surface area contributed by atoms with Gasteiger partial charge in [-0.25, -0.2) is 4.39 Å². The molecule has 2 aromatic rings. The monoisotopic (exact) mass is 359 g/mol. The van der Waals surface area contributed by atoms with E-state index in [0.717, 1.165) is 4.88 Å². The number of hydrogen-bond acceptors (Lipinski definition) is 4. The molecule has 0 radical (unpaired) electrons. The molecule has 1 unspecified atom stereocenters. The average molecular weight is 359 g/mol. The summed E-state index contributed by atoms with van der Waals surface area (Å²) in [6.45, 7) is 3.93. The van der Waals surface area contributed by atoms with Gasteiger partial charge in [0.2, 0.25) is 0 Å². The van der Waals surface area contributed by atoms with Crippen molar-refractivity contribution in [3.63, 3.8) is 0 Å². The standard InChI is InChI=1S/C19H18FNO3S/c1-3-8-21-16(14-5-4-9-25-14)15(18(23)19(21)24)17(22)12-6-7-13(20)11(2)10-12/h4-7,9-10,16,22H,3,8H2,1-2H3/b17-15-. The van der Waals surface area contributed by atoms with Gasteiger partial charge in [0.05, 0.1) is 11.6 Å². The first-order valence-corrected chi connectivity index (χ1v) is 8.92. The SMILES string of the molecule is CCCN1C(=O)C(=O)/C(=C(\O)c2ccc(F)c(C)c2)C1c1cccs1. The number of likely N-dealkylation sites (tertiary alicyclic amines) is 1. The molecule has 2 heterocycles. The molecule has 1 fully saturated rings. The number of thiophene rings is 1. The molecule has 1 atom stereocenters. The van der Waals surface area contributed by atoms with Crippen LogP contribution < -0.4 is 0 Å². The first-order valence-electron chi connectivity index (χ1n) is 8.04. The number of amides is 1. The Morgan fingerprint density at radius 3 is 2.68 bits per heavy atom. The quantitative estimate of drug-likeness (QED) is 0.509. The minimum Gasteiger partial charge on any atom is -0.507 e. The lowest BCUT2D eigenvalue weighted by Gasteiger charge is -2.23. The molecule has 0 bridgehead atoms. The van der Waals surface area contributed by atoms with Gasteiger partial charge in [-0.05, 0) is 48.6 Å². The highest BCUT2D eigenvalue weighted by Gasteiger charge is 2.46. The summed E-state index contributed by atoms with van der Waals surface area (Å²) in [4.78, 5) is 27.3. The molecule has 130 valence electrons. The summed E-state index contributed by atoms with van der Waals surface area (Å²) in [5.74, 6) is -1.97. The molecule has 0 aliphatic carbocycles. The topological polar surface area (TPSA) is 57.6 Å². The molecule has 25 heavy (non-hydrogen) atoms. The van der Waals surface area contributed by atoms with Crippen LogP contribution in [0.15, 0.2) is 41.3 Å². The van der Waals surface area contributed by atoms with Crippen molar-refractivity contribution in [2.24, 2.45) is 0 Å². The third-order valence-electron chi connectivity index (χ3n) is 4.25. The number of rotatable bonds is 4. The van der Waals surface area contributed by atoms with Crippen molar-refractivity contribution in [1.82, 2.24) is 4.90 Å². The number of Topliss-reactive ketones (excluding diaryl/α,β-unsaturated/α-hetero) is 1. The average Bonchev–Trinajstić information content (AvgIpc) is 3.19. The van der Waals surface area contributed by atoms with Gasteiger partial charge in [-0.15, -0.1) is 11.3 Å². The first-order chi connectivity index (χ1) is 12.0. The molecule has 1 amide bonds. The Morgan fingerprint density at radius 1 is 1.32 bits per heavy atom. The van der Waals surface area contributed by atoms with Crippen molar-refractivity contribution in [2.45, 2.75) is 26.3 Å². The fourth-order valence-corrected chi connectivity index (χ4v) is 3.89. The Labute approximate surface area is 149 Å². The van der Waals surface area contributed by atoms with Gasteiger partial charge in [-0.3, -0.25) is 9.59 Å². The van der Waals surface area contributed by atoms with E-state index in [1.165, 1.54) is 34.4 Å². The zero-order valence-electron chi connectivity index (χ0n) is 14.0. The number of halogens is 1. The number of ketones is 1. The molecule has 1 N–H and O–H groups in total. The van der Waals surface area contributed by atoms with Crippen LogP contribution in [0.4, 0.5) is 4.39 Å². The molecule has 1 aromatic carbocycles. The van der Waals surface area contributed by atoms with Crippen molar-refractivity contribution in [3.05, 3.63) is 63.1 Å². The summed E-state index contributed by atoms with van der Waals surface area (Å²) in [7, 11) is 0. The minimum atomic E-state index is -0.702. The third kappa shape index (κ3) is 2.98. The normalized spacial score (nSPS) is 19.6. The summed E-state index contributed by atoms with van der Waals surface area (Å²) in [6.07, 6.45) is 0.699. The van der Waals surface area contributed by atoms with E-state index in [0.29, 0.717) is 24.1 Å². The van der Waals surface area contributed by atoms with Crippen LogP contribution in [0.2, 0.25) is 0 Å². The summed E-state index contributed by atoms with van der Waals surface area (Å²) < 4.78 is 13.5. The first kappa shape index (κ1) is 17.4. The molecule has 1 aliphatic rings. The zero-order valence-corrected chi connectivity index (χ0v) is 14.8. The number of carbonyl (C=O) groups excluding carboxylic acids is 2. The van der Waals surface area contributed by atoms with E-state index in [-0.39, 0.29) is 11.3 Å². The van der Waals surface area contributed by atoms with Crippen molar-refractivity contribution in [3.8, 4) is 0 Å². The van der Waals surface area contributed by atoms with Crippen LogP contribution in [0.5, 0.6) is 0 Å². The Balaban J connectivity index is 2.17. The van der Waals surface area contributed by atoms with Gasteiger partial charge in [0, 0.05) is 17.0 Å². The van der Waals surface area contributed by atoms with E-state index in [2.05, 4.69) is 0 Å². The molecular weight excluding hydrogens is 341 g/mol. The van der Waals surface area contributed by atoms with Gasteiger partial charge < -0.3 is 10.0 Å². The number of carbonyl (C=O) groups is 2. The van der Waals surface area contributed by atoms with Crippen LogP contribution in [0.3, 0.4) is 0 Å². The lowest BCUT2D eigenvalue weighted by atomic mass is 9.99. The number of aryl methyl sites for hydroxylation is 1. The van der Waals surface area contributed by atoms with Gasteiger partial charge in [-0.1, -0.05) is 13.0 Å². The minimum absolute atomic E-state index is 0.0620. The van der Waals surface area contributed by atoms with Gasteiger partial charge in [-0.2, -0.15) is 0 Å². The van der Waals surface area contributed by atoms with Gasteiger partial charge in [0.15, 0.2) is 0 Å². The van der Waals surface area contributed by atoms with E-state index in [9.17, 15) is 19.1 Å². The maximum Gasteiger partial charge on any atom is 0.295 e. The predicted molar refractivity (Wildman–Crippen MR) is 94.8 cm³/mol. The fraction of sp³-hybridized carbons (Fsp3) is 0.263. The van der Waals surface area contributed by atoms with Crippen molar-refractivity contribution in [2.75, 3.05) is 6.54 Å². The highest BCUT2D eigenvalue weighted by atomic mass is 32.1. The van der Waals surface area contributed by atoms with E-state index < -0.39 is 23.5 Å². The predicted octanol–water partition coefficient (Wildman–Crippen LogP) is 4.03. The summed E-state index contributed by atoms with van der Waals surface area (Å²) >= 11 is 1.42. The molecule has 6 heteroatoms. The third-order valence-corrected chi connectivity index (χ3v) is 5.17. The molecule has 0 saturated carbocycles. The maximum absolute atomic E-state index is 13.5. The molecule has 3 rings (SSSR count). The lowest BCUT2D eigenvalue weighted by Crippen LogP contribution is -2.30. The highest BCUT2D eigenvalue weighted by molar-refractivity contribution is 7.10. The summed E-state index contributed by atoms with van der Waals surface area (Å²) in [5, 5.41) is 12.6. The number of hydrogen-bond donors (Lipinski definition) is 1. The molecule has 1 saturated heterocycles. The Morgan fingerprint density at radius 2 is 2.08 bits per heavy atom. The smallest absolute Gasteiger partial charge is 0.295 e. The van der Waals surface area contributed by atoms with E-state index in [1.54, 1.807) is 6.92 Å². The maximum atomic E-state index is 13.5. The number of aliphatic hydroxyl groups excluding tert-OH is 1. The number of benzene rings is 1. The van der Waals surface area contributed by atoms with Crippen LogP contribution in [0.1, 0.15) is 35.4 Å². The van der Waals surface area contributed by atoms with Crippen LogP contribution in [0, 0.1) is 12.7 Å². The fourth-order valence-electron chi connectivity index (χ4n) is 3.04.